The van der Waals surface area contributed by atoms with Gasteiger partial charge in [-0.25, -0.2) is 4.98 Å². The first-order valence-corrected chi connectivity index (χ1v) is 7.83. The molecule has 0 amide bonds. The van der Waals surface area contributed by atoms with E-state index in [-0.39, 0.29) is 0 Å². The number of nitrogen functional groups attached to an aromatic ring is 1. The Morgan fingerprint density at radius 1 is 1.10 bits per heavy atom. The summed E-state index contributed by atoms with van der Waals surface area (Å²) >= 11 is 6.02. The number of aromatic nitrogens is 3. The lowest BCUT2D eigenvalue weighted by Gasteiger charge is -2.20. The molecule has 2 aromatic rings. The van der Waals surface area contributed by atoms with Gasteiger partial charge in [0.25, 0.3) is 0 Å². The highest BCUT2D eigenvalue weighted by molar-refractivity contribution is 6.30. The average molecular weight is 303 g/mol. The standard InChI is InChI=1S/C16H19ClN4/c17-13-8-4-5-11(9-13)10-14-19-15(21-16(18)20-14)12-6-2-1-3-7-12/h4-5,8-9,12H,1-3,6-7,10H2,(H2,18,19,20,21). The van der Waals surface area contributed by atoms with Crippen LogP contribution in [-0.4, -0.2) is 15.0 Å². The summed E-state index contributed by atoms with van der Waals surface area (Å²) in [5.41, 5.74) is 6.95. The molecule has 21 heavy (non-hydrogen) atoms. The summed E-state index contributed by atoms with van der Waals surface area (Å²) in [6.45, 7) is 0. The largest absolute Gasteiger partial charge is 0.368 e. The van der Waals surface area contributed by atoms with E-state index in [1.807, 2.05) is 24.3 Å². The van der Waals surface area contributed by atoms with Crippen molar-refractivity contribution in [1.29, 1.82) is 0 Å². The minimum Gasteiger partial charge on any atom is -0.368 e. The van der Waals surface area contributed by atoms with Gasteiger partial charge in [0.2, 0.25) is 5.95 Å². The van der Waals surface area contributed by atoms with Crippen LogP contribution in [0.15, 0.2) is 24.3 Å². The van der Waals surface area contributed by atoms with Crippen molar-refractivity contribution < 1.29 is 0 Å². The number of halogens is 1. The molecule has 0 saturated heterocycles. The van der Waals surface area contributed by atoms with Gasteiger partial charge < -0.3 is 5.73 Å². The number of nitrogens with zero attached hydrogens (tertiary/aromatic N) is 3. The minimum atomic E-state index is 0.322. The molecule has 0 atom stereocenters. The molecule has 110 valence electrons. The zero-order chi connectivity index (χ0) is 14.7. The Balaban J connectivity index is 1.83. The summed E-state index contributed by atoms with van der Waals surface area (Å²) in [5, 5.41) is 0.724. The summed E-state index contributed by atoms with van der Waals surface area (Å²) < 4.78 is 0. The molecular weight excluding hydrogens is 284 g/mol. The Morgan fingerprint density at radius 3 is 2.67 bits per heavy atom. The van der Waals surface area contributed by atoms with Crippen molar-refractivity contribution in [2.45, 2.75) is 44.4 Å². The van der Waals surface area contributed by atoms with Crippen molar-refractivity contribution in [2.24, 2.45) is 0 Å². The Bertz CT molecular complexity index is 623. The molecular formula is C16H19ClN4. The van der Waals surface area contributed by atoms with Crippen LogP contribution in [0.1, 0.15) is 55.2 Å². The van der Waals surface area contributed by atoms with Gasteiger partial charge in [-0.1, -0.05) is 43.0 Å². The van der Waals surface area contributed by atoms with Gasteiger partial charge in [-0.05, 0) is 30.5 Å². The van der Waals surface area contributed by atoms with Crippen LogP contribution in [0.2, 0.25) is 5.02 Å². The molecule has 4 nitrogen and oxygen atoms in total. The first-order chi connectivity index (χ1) is 10.2. The number of nitrogens with two attached hydrogens (primary N) is 1. The quantitative estimate of drug-likeness (QED) is 0.938. The average Bonchev–Trinajstić information content (AvgIpc) is 2.47. The van der Waals surface area contributed by atoms with Gasteiger partial charge in [0.1, 0.15) is 11.6 Å². The number of hydrogen-bond acceptors (Lipinski definition) is 4. The fraction of sp³-hybridized carbons (Fsp3) is 0.438. The third-order valence-electron chi connectivity index (χ3n) is 3.94. The first-order valence-electron chi connectivity index (χ1n) is 7.45. The van der Waals surface area contributed by atoms with Crippen LogP contribution in [0, 0.1) is 0 Å². The van der Waals surface area contributed by atoms with Crippen LogP contribution in [-0.2, 0) is 6.42 Å². The van der Waals surface area contributed by atoms with Crippen molar-refractivity contribution >= 4 is 17.5 Å². The van der Waals surface area contributed by atoms with E-state index in [2.05, 4.69) is 15.0 Å². The SMILES string of the molecule is Nc1nc(Cc2cccc(Cl)c2)nc(C2CCCCC2)n1. The zero-order valence-corrected chi connectivity index (χ0v) is 12.7. The fourth-order valence-corrected chi connectivity index (χ4v) is 3.12. The molecule has 1 aromatic carbocycles. The number of rotatable bonds is 3. The molecule has 1 aliphatic carbocycles. The van der Waals surface area contributed by atoms with Crippen molar-refractivity contribution in [3.63, 3.8) is 0 Å². The van der Waals surface area contributed by atoms with Crippen molar-refractivity contribution in [3.05, 3.63) is 46.5 Å². The predicted molar refractivity (Wildman–Crippen MR) is 84.3 cm³/mol. The molecule has 0 aliphatic heterocycles. The van der Waals surface area contributed by atoms with E-state index in [0.29, 0.717) is 18.3 Å². The van der Waals surface area contributed by atoms with Gasteiger partial charge in [-0.2, -0.15) is 9.97 Å². The number of benzene rings is 1. The summed E-state index contributed by atoms with van der Waals surface area (Å²) in [4.78, 5) is 13.2. The van der Waals surface area contributed by atoms with E-state index < -0.39 is 0 Å². The molecule has 0 unspecified atom stereocenters. The van der Waals surface area contributed by atoms with Gasteiger partial charge in [-0.3, -0.25) is 0 Å². The molecule has 2 N–H and O–H groups in total. The molecule has 0 bridgehead atoms. The molecule has 1 aliphatic rings. The number of hydrogen-bond donors (Lipinski definition) is 1. The highest BCUT2D eigenvalue weighted by Gasteiger charge is 2.19. The highest BCUT2D eigenvalue weighted by atomic mass is 35.5. The van der Waals surface area contributed by atoms with Crippen LogP contribution < -0.4 is 5.73 Å². The van der Waals surface area contributed by atoms with Crippen LogP contribution in [0.25, 0.3) is 0 Å². The van der Waals surface area contributed by atoms with Crippen LogP contribution in [0.5, 0.6) is 0 Å². The molecule has 1 saturated carbocycles. The summed E-state index contributed by atoms with van der Waals surface area (Å²) in [7, 11) is 0. The third kappa shape index (κ3) is 3.70. The lowest BCUT2D eigenvalue weighted by Crippen LogP contribution is -2.13. The molecule has 1 aromatic heterocycles. The normalized spacial score (nSPS) is 16.0. The molecule has 0 radical (unpaired) electrons. The molecule has 1 heterocycles. The maximum Gasteiger partial charge on any atom is 0.223 e. The third-order valence-corrected chi connectivity index (χ3v) is 4.17. The number of anilines is 1. The van der Waals surface area contributed by atoms with Crippen molar-refractivity contribution in [3.8, 4) is 0 Å². The monoisotopic (exact) mass is 302 g/mol. The Labute approximate surface area is 129 Å². The summed E-state index contributed by atoms with van der Waals surface area (Å²) in [6, 6.07) is 7.75. The van der Waals surface area contributed by atoms with E-state index in [9.17, 15) is 0 Å². The molecule has 0 spiro atoms. The van der Waals surface area contributed by atoms with Gasteiger partial charge in [-0.15, -0.1) is 0 Å². The van der Waals surface area contributed by atoms with Crippen LogP contribution in [0.3, 0.4) is 0 Å². The van der Waals surface area contributed by atoms with E-state index in [4.69, 9.17) is 17.3 Å². The first kappa shape index (κ1) is 14.3. The summed E-state index contributed by atoms with van der Waals surface area (Å²) in [6.07, 6.45) is 6.75. The van der Waals surface area contributed by atoms with Gasteiger partial charge in [0.15, 0.2) is 0 Å². The Kier molecular flexibility index (Phi) is 4.34. The van der Waals surface area contributed by atoms with Crippen molar-refractivity contribution in [2.75, 3.05) is 5.73 Å². The Morgan fingerprint density at radius 2 is 1.90 bits per heavy atom. The van der Waals surface area contributed by atoms with Crippen LogP contribution >= 0.6 is 11.6 Å². The Hall–Kier alpha value is -1.68. The fourth-order valence-electron chi connectivity index (χ4n) is 2.91. The van der Waals surface area contributed by atoms with E-state index >= 15 is 0 Å². The van der Waals surface area contributed by atoms with Crippen LogP contribution in [0.4, 0.5) is 5.95 Å². The topological polar surface area (TPSA) is 64.7 Å². The van der Waals surface area contributed by atoms with E-state index in [1.165, 1.54) is 19.3 Å². The predicted octanol–water partition coefficient (Wildman–Crippen LogP) is 3.75. The van der Waals surface area contributed by atoms with Gasteiger partial charge in [0, 0.05) is 17.4 Å². The second-order valence-corrected chi connectivity index (χ2v) is 6.05. The minimum absolute atomic E-state index is 0.322. The van der Waals surface area contributed by atoms with Crippen molar-refractivity contribution in [1.82, 2.24) is 15.0 Å². The van der Waals surface area contributed by atoms with E-state index in [1.54, 1.807) is 0 Å². The second kappa shape index (κ2) is 6.39. The maximum atomic E-state index is 6.02. The molecule has 3 rings (SSSR count). The van der Waals surface area contributed by atoms with Gasteiger partial charge >= 0.3 is 0 Å². The lowest BCUT2D eigenvalue weighted by molar-refractivity contribution is 0.427. The smallest absolute Gasteiger partial charge is 0.223 e. The lowest BCUT2D eigenvalue weighted by atomic mass is 9.89. The summed E-state index contributed by atoms with van der Waals surface area (Å²) in [5.74, 6) is 2.34. The molecule has 5 heteroatoms. The maximum absolute atomic E-state index is 6.02. The second-order valence-electron chi connectivity index (χ2n) is 5.61. The zero-order valence-electron chi connectivity index (χ0n) is 11.9. The van der Waals surface area contributed by atoms with E-state index in [0.717, 1.165) is 35.1 Å². The molecule has 1 fully saturated rings. The highest BCUT2D eigenvalue weighted by Crippen LogP contribution is 2.30. The van der Waals surface area contributed by atoms with Gasteiger partial charge in [0.05, 0.1) is 0 Å².